The topological polar surface area (TPSA) is 87.0 Å². The van der Waals surface area contributed by atoms with E-state index in [0.717, 1.165) is 11.1 Å². The first-order valence-corrected chi connectivity index (χ1v) is 11.6. The van der Waals surface area contributed by atoms with E-state index < -0.39 is 6.10 Å². The Labute approximate surface area is 207 Å². The fourth-order valence-electron chi connectivity index (χ4n) is 4.76. The van der Waals surface area contributed by atoms with E-state index in [1.165, 1.54) is 20.3 Å². The summed E-state index contributed by atoms with van der Waals surface area (Å²) in [7, 11) is 2.85. The molecule has 0 saturated carbocycles. The number of ether oxygens (including phenoxy) is 5. The molecule has 0 radical (unpaired) electrons. The van der Waals surface area contributed by atoms with Crippen LogP contribution in [-0.2, 0) is 16.0 Å². The number of fused-ring (bicyclic) bond motifs is 2. The predicted octanol–water partition coefficient (Wildman–Crippen LogP) is 5.60. The summed E-state index contributed by atoms with van der Waals surface area (Å²) in [5.74, 6) is 1.95. The number of esters is 1. The molecule has 2 unspecified atom stereocenters. The first kappa shape index (κ1) is 23.5. The Morgan fingerprint density at radius 3 is 2.72 bits per heavy atom. The van der Waals surface area contributed by atoms with Gasteiger partial charge < -0.3 is 23.7 Å². The molecule has 3 aromatic rings. The average molecular weight is 489 g/mol. The highest BCUT2D eigenvalue weighted by Crippen LogP contribution is 2.44. The highest BCUT2D eigenvalue weighted by atomic mass is 19.1. The third-order valence-corrected chi connectivity index (χ3v) is 6.54. The monoisotopic (exact) mass is 489 g/mol. The minimum absolute atomic E-state index is 0.0632. The van der Waals surface area contributed by atoms with Gasteiger partial charge in [0.2, 0.25) is 0 Å². The molecule has 0 N–H and O–H groups in total. The van der Waals surface area contributed by atoms with E-state index in [9.17, 15) is 14.4 Å². The van der Waals surface area contributed by atoms with Crippen LogP contribution in [0.15, 0.2) is 48.5 Å². The lowest BCUT2D eigenvalue weighted by Crippen LogP contribution is -2.09. The fraction of sp³-hybridized carbons (Fsp3) is 0.286. The van der Waals surface area contributed by atoms with Crippen LogP contribution in [0, 0.1) is 17.1 Å². The number of benzene rings is 3. The summed E-state index contributed by atoms with van der Waals surface area (Å²) in [6, 6.07) is 15.5. The van der Waals surface area contributed by atoms with Crippen LogP contribution in [0.2, 0.25) is 0 Å². The minimum Gasteiger partial charge on any atom is -0.495 e. The molecule has 8 heteroatoms. The number of halogens is 1. The maximum absolute atomic E-state index is 14.9. The van der Waals surface area contributed by atoms with Gasteiger partial charge in [-0.1, -0.05) is 6.07 Å². The Bertz CT molecular complexity index is 1360. The van der Waals surface area contributed by atoms with Crippen molar-refractivity contribution < 1.29 is 32.9 Å². The third kappa shape index (κ3) is 4.40. The molecule has 0 bridgehead atoms. The molecule has 1 aliphatic heterocycles. The smallest absolute Gasteiger partial charge is 0.306 e. The van der Waals surface area contributed by atoms with E-state index in [-0.39, 0.29) is 24.1 Å². The fourth-order valence-corrected chi connectivity index (χ4v) is 4.76. The molecule has 2 atom stereocenters. The first-order chi connectivity index (χ1) is 17.5. The second kappa shape index (κ2) is 9.78. The van der Waals surface area contributed by atoms with Gasteiger partial charge in [0.15, 0.2) is 0 Å². The standard InChI is InChI=1S/C28H24FNO6/c1-32-25-12-18(4-3-16(25)14-30)35-23-10-8-22(29)28-21(23)7-9-24(28)36-19-5-6-20-17(11-27(31)33-2)15-34-26(20)13-19/h3-6,8,10,12-13,17,24H,7,9,11,15H2,1-2H3. The predicted molar refractivity (Wildman–Crippen MR) is 127 cm³/mol. The summed E-state index contributed by atoms with van der Waals surface area (Å²) >= 11 is 0. The van der Waals surface area contributed by atoms with Crippen molar-refractivity contribution in [1.29, 1.82) is 5.26 Å². The van der Waals surface area contributed by atoms with Gasteiger partial charge in [0, 0.05) is 34.7 Å². The Balaban J connectivity index is 1.36. The lowest BCUT2D eigenvalue weighted by molar-refractivity contribution is -0.141. The molecule has 184 valence electrons. The second-order valence-corrected chi connectivity index (χ2v) is 8.65. The molecule has 1 aliphatic carbocycles. The third-order valence-electron chi connectivity index (χ3n) is 6.54. The number of nitrogens with zero attached hydrogens (tertiary/aromatic N) is 1. The molecule has 7 nitrogen and oxygen atoms in total. The Morgan fingerprint density at radius 1 is 1.11 bits per heavy atom. The molecule has 0 saturated heterocycles. The van der Waals surface area contributed by atoms with Crippen molar-refractivity contribution in [3.05, 3.63) is 76.6 Å². The van der Waals surface area contributed by atoms with Crippen LogP contribution in [0.4, 0.5) is 4.39 Å². The van der Waals surface area contributed by atoms with Crippen molar-refractivity contribution in [2.24, 2.45) is 0 Å². The van der Waals surface area contributed by atoms with Gasteiger partial charge in [-0.2, -0.15) is 5.26 Å². The molecular weight excluding hydrogens is 465 g/mol. The summed E-state index contributed by atoms with van der Waals surface area (Å²) in [5, 5.41) is 9.19. The van der Waals surface area contributed by atoms with Crippen LogP contribution >= 0.6 is 0 Å². The molecule has 0 spiro atoms. The molecule has 2 aliphatic rings. The maximum atomic E-state index is 14.9. The van der Waals surface area contributed by atoms with Crippen LogP contribution in [0.1, 0.15) is 47.1 Å². The van der Waals surface area contributed by atoms with Crippen LogP contribution in [0.3, 0.4) is 0 Å². The number of carbonyl (C=O) groups excluding carboxylic acids is 1. The van der Waals surface area contributed by atoms with E-state index in [1.54, 1.807) is 30.3 Å². The van der Waals surface area contributed by atoms with E-state index >= 15 is 0 Å². The number of hydrogen-bond acceptors (Lipinski definition) is 7. The van der Waals surface area contributed by atoms with E-state index in [2.05, 4.69) is 6.07 Å². The molecule has 0 amide bonds. The first-order valence-electron chi connectivity index (χ1n) is 11.6. The van der Waals surface area contributed by atoms with Gasteiger partial charge in [-0.25, -0.2) is 4.39 Å². The molecule has 3 aromatic carbocycles. The Morgan fingerprint density at radius 2 is 1.94 bits per heavy atom. The number of carbonyl (C=O) groups is 1. The molecule has 5 rings (SSSR count). The van der Waals surface area contributed by atoms with Crippen molar-refractivity contribution in [3.8, 4) is 34.8 Å². The average Bonchev–Trinajstić information content (AvgIpc) is 3.50. The van der Waals surface area contributed by atoms with Crippen molar-refractivity contribution in [1.82, 2.24) is 0 Å². The van der Waals surface area contributed by atoms with Crippen LogP contribution in [0.5, 0.6) is 28.7 Å². The van der Waals surface area contributed by atoms with Gasteiger partial charge in [-0.3, -0.25) is 4.79 Å². The lowest BCUT2D eigenvalue weighted by Gasteiger charge is -2.17. The highest BCUT2D eigenvalue weighted by Gasteiger charge is 2.32. The largest absolute Gasteiger partial charge is 0.495 e. The van der Waals surface area contributed by atoms with Gasteiger partial charge in [0.25, 0.3) is 0 Å². The summed E-state index contributed by atoms with van der Waals surface area (Å²) in [4.78, 5) is 11.7. The van der Waals surface area contributed by atoms with Crippen LogP contribution < -0.4 is 18.9 Å². The van der Waals surface area contributed by atoms with E-state index in [4.69, 9.17) is 23.7 Å². The van der Waals surface area contributed by atoms with Crippen molar-refractivity contribution >= 4 is 5.97 Å². The molecule has 0 aromatic heterocycles. The quantitative estimate of drug-likeness (QED) is 0.399. The highest BCUT2D eigenvalue weighted by molar-refractivity contribution is 5.71. The van der Waals surface area contributed by atoms with E-state index in [1.807, 2.05) is 12.1 Å². The summed E-state index contributed by atoms with van der Waals surface area (Å²) in [6.45, 7) is 0.398. The van der Waals surface area contributed by atoms with Crippen LogP contribution in [-0.4, -0.2) is 26.8 Å². The lowest BCUT2D eigenvalue weighted by atomic mass is 9.98. The van der Waals surface area contributed by atoms with Crippen molar-refractivity contribution in [2.75, 3.05) is 20.8 Å². The molecular formula is C28H24FNO6. The van der Waals surface area contributed by atoms with Gasteiger partial charge in [0.1, 0.15) is 46.7 Å². The Hall–Kier alpha value is -4.25. The van der Waals surface area contributed by atoms with Crippen molar-refractivity contribution in [2.45, 2.75) is 31.3 Å². The van der Waals surface area contributed by atoms with E-state index in [0.29, 0.717) is 59.3 Å². The van der Waals surface area contributed by atoms with Gasteiger partial charge >= 0.3 is 5.97 Å². The Kier molecular flexibility index (Phi) is 6.38. The summed E-state index contributed by atoms with van der Waals surface area (Å²) < 4.78 is 43.0. The van der Waals surface area contributed by atoms with Gasteiger partial charge in [-0.15, -0.1) is 0 Å². The summed E-state index contributed by atoms with van der Waals surface area (Å²) in [6.07, 6.45) is 0.943. The van der Waals surface area contributed by atoms with Crippen LogP contribution in [0.25, 0.3) is 0 Å². The SMILES string of the molecule is COC(=O)CC1COc2cc(OC3CCc4c(Oc5ccc(C#N)c(OC)c5)ccc(F)c43)ccc21. The number of hydrogen-bond donors (Lipinski definition) is 0. The minimum atomic E-state index is -0.482. The molecule has 1 heterocycles. The second-order valence-electron chi connectivity index (χ2n) is 8.65. The molecule has 0 fully saturated rings. The maximum Gasteiger partial charge on any atom is 0.306 e. The summed E-state index contributed by atoms with van der Waals surface area (Å²) in [5.41, 5.74) is 2.55. The molecule has 36 heavy (non-hydrogen) atoms. The zero-order chi connectivity index (χ0) is 25.2. The van der Waals surface area contributed by atoms with Gasteiger partial charge in [0.05, 0.1) is 32.8 Å². The number of methoxy groups -OCH3 is 2. The van der Waals surface area contributed by atoms with Crippen molar-refractivity contribution in [3.63, 3.8) is 0 Å². The van der Waals surface area contributed by atoms with Gasteiger partial charge in [-0.05, 0) is 43.2 Å². The normalized spacial score (nSPS) is 17.4. The zero-order valence-electron chi connectivity index (χ0n) is 19.9. The zero-order valence-corrected chi connectivity index (χ0v) is 19.9. The number of rotatable bonds is 7. The number of nitriles is 1.